The molecule has 0 saturated carbocycles. The fourth-order valence-electron chi connectivity index (χ4n) is 7.91. The van der Waals surface area contributed by atoms with Gasteiger partial charge in [0.15, 0.2) is 0 Å². The van der Waals surface area contributed by atoms with Gasteiger partial charge in [-0.15, -0.1) is 0 Å². The number of fused-ring (bicyclic) bond motifs is 8. The minimum absolute atomic E-state index is 1.09. The molecule has 0 radical (unpaired) electrons. The highest BCUT2D eigenvalue weighted by Crippen LogP contribution is 2.45. The second-order valence-corrected chi connectivity index (χ2v) is 13.0. The van der Waals surface area contributed by atoms with Gasteiger partial charge >= 0.3 is 0 Å². The molecule has 0 aliphatic rings. The molecule has 10 aromatic rings. The van der Waals surface area contributed by atoms with Crippen LogP contribution in [0.1, 0.15) is 0 Å². The lowest BCUT2D eigenvalue weighted by molar-refractivity contribution is 1.59. The minimum Gasteiger partial charge on any atom is -0.354 e. The van der Waals surface area contributed by atoms with Crippen LogP contribution in [0.3, 0.4) is 0 Å². The van der Waals surface area contributed by atoms with E-state index in [0.717, 1.165) is 11.4 Å². The van der Waals surface area contributed by atoms with E-state index >= 15 is 0 Å². The molecule has 0 spiro atoms. The summed E-state index contributed by atoms with van der Waals surface area (Å²) in [5.41, 5.74) is 7.09. The highest BCUT2D eigenvalue weighted by Gasteiger charge is 2.17. The topological polar surface area (TPSA) is 12.0 Å². The van der Waals surface area contributed by atoms with Crippen molar-refractivity contribution in [3.8, 4) is 22.3 Å². The van der Waals surface area contributed by atoms with E-state index in [-0.39, 0.29) is 0 Å². The van der Waals surface area contributed by atoms with Crippen molar-refractivity contribution in [3.63, 3.8) is 0 Å². The molecule has 1 N–H and O–H groups in total. The number of nitrogens with one attached hydrogen (secondary N) is 1. The van der Waals surface area contributed by atoms with Gasteiger partial charge in [-0.3, -0.25) is 0 Å². The van der Waals surface area contributed by atoms with Crippen LogP contribution in [0.5, 0.6) is 0 Å². The van der Waals surface area contributed by atoms with E-state index in [1.54, 1.807) is 0 Å². The first-order chi connectivity index (χ1) is 24.3. The first-order valence-corrected chi connectivity index (χ1v) is 16.9. The van der Waals surface area contributed by atoms with Crippen molar-refractivity contribution in [1.29, 1.82) is 0 Å². The molecular weight excluding hydrogens is 591 g/mol. The number of anilines is 2. The van der Waals surface area contributed by atoms with Gasteiger partial charge in [-0.05, 0) is 94.1 Å². The van der Waals surface area contributed by atoms with Crippen molar-refractivity contribution in [2.75, 3.05) is 5.32 Å². The largest absolute Gasteiger partial charge is 0.354 e. The maximum atomic E-state index is 4.00. The molecule has 0 amide bonds. The highest BCUT2D eigenvalue weighted by atomic mass is 14.9. The van der Waals surface area contributed by atoms with Crippen molar-refractivity contribution < 1.29 is 0 Å². The highest BCUT2D eigenvalue weighted by molar-refractivity contribution is 6.21. The monoisotopic (exact) mass is 621 g/mol. The first kappa shape index (κ1) is 27.7. The van der Waals surface area contributed by atoms with E-state index in [1.807, 2.05) is 0 Å². The van der Waals surface area contributed by atoms with Gasteiger partial charge in [0.1, 0.15) is 0 Å². The molecular formula is C48H31N. The van der Waals surface area contributed by atoms with Crippen molar-refractivity contribution in [1.82, 2.24) is 0 Å². The van der Waals surface area contributed by atoms with Crippen LogP contribution in [0.15, 0.2) is 182 Å². The van der Waals surface area contributed by atoms with Crippen LogP contribution in [0.25, 0.3) is 86.9 Å². The summed E-state index contributed by atoms with van der Waals surface area (Å²) in [4.78, 5) is 0. The van der Waals surface area contributed by atoms with Gasteiger partial charge in [0, 0.05) is 22.3 Å². The molecule has 10 aromatic carbocycles. The average Bonchev–Trinajstić information content (AvgIpc) is 3.17. The van der Waals surface area contributed by atoms with E-state index in [1.165, 1.54) is 86.9 Å². The molecule has 0 unspecified atom stereocenters. The molecule has 0 atom stereocenters. The molecule has 0 bridgehead atoms. The quantitative estimate of drug-likeness (QED) is 0.193. The second kappa shape index (κ2) is 11.1. The lowest BCUT2D eigenvalue weighted by Gasteiger charge is -2.20. The third-order valence-corrected chi connectivity index (χ3v) is 10.2. The van der Waals surface area contributed by atoms with Gasteiger partial charge in [0.05, 0.1) is 0 Å². The Labute approximate surface area is 284 Å². The predicted octanol–water partition coefficient (Wildman–Crippen LogP) is 13.7. The van der Waals surface area contributed by atoms with Crippen molar-refractivity contribution >= 4 is 76.0 Å². The first-order valence-electron chi connectivity index (χ1n) is 16.9. The molecule has 228 valence electrons. The average molecular weight is 622 g/mol. The smallest absolute Gasteiger partial charge is 0.0470 e. The summed E-state index contributed by atoms with van der Waals surface area (Å²) in [7, 11) is 0. The van der Waals surface area contributed by atoms with Crippen LogP contribution in [0.2, 0.25) is 0 Å². The molecule has 0 fully saturated rings. The molecule has 1 heteroatoms. The summed E-state index contributed by atoms with van der Waals surface area (Å²) >= 11 is 0. The van der Waals surface area contributed by atoms with E-state index in [0.29, 0.717) is 0 Å². The fourth-order valence-corrected chi connectivity index (χ4v) is 7.91. The molecule has 10 rings (SSSR count). The van der Waals surface area contributed by atoms with Gasteiger partial charge in [0.25, 0.3) is 0 Å². The number of rotatable bonds is 4. The van der Waals surface area contributed by atoms with Gasteiger partial charge in [0.2, 0.25) is 0 Å². The Bertz CT molecular complexity index is 2910. The third-order valence-electron chi connectivity index (χ3n) is 10.2. The van der Waals surface area contributed by atoms with Crippen LogP contribution >= 0.6 is 0 Å². The number of hydrogen-bond donors (Lipinski definition) is 1. The Morgan fingerprint density at radius 1 is 0.286 bits per heavy atom. The zero-order valence-corrected chi connectivity index (χ0v) is 26.8. The molecule has 1 nitrogen and oxygen atoms in total. The van der Waals surface area contributed by atoms with E-state index in [9.17, 15) is 0 Å². The molecule has 49 heavy (non-hydrogen) atoms. The SMILES string of the molecule is c1ccc2cc(-c3c(Nc4ccc(-c5cccc6ccccc56)c5c4ccc4ccccc45)ccc4ccc5ccccc5c34)ccc2c1. The third kappa shape index (κ3) is 4.47. The van der Waals surface area contributed by atoms with E-state index in [4.69, 9.17) is 0 Å². The Morgan fingerprint density at radius 3 is 1.63 bits per heavy atom. The molecule has 0 aromatic heterocycles. The van der Waals surface area contributed by atoms with E-state index in [2.05, 4.69) is 187 Å². The fraction of sp³-hybridized carbons (Fsp3) is 0. The summed E-state index contributed by atoms with van der Waals surface area (Å²) in [6.45, 7) is 0. The van der Waals surface area contributed by atoms with E-state index < -0.39 is 0 Å². The summed E-state index contributed by atoms with van der Waals surface area (Å²) in [5, 5.41) is 18.9. The zero-order chi connectivity index (χ0) is 32.3. The Morgan fingerprint density at radius 2 is 0.837 bits per heavy atom. The summed E-state index contributed by atoms with van der Waals surface area (Å²) in [6, 6.07) is 66.5. The molecule has 0 aliphatic carbocycles. The van der Waals surface area contributed by atoms with Crippen molar-refractivity contribution in [2.24, 2.45) is 0 Å². The number of benzene rings is 10. The normalized spacial score (nSPS) is 11.7. The van der Waals surface area contributed by atoms with Gasteiger partial charge in [-0.2, -0.15) is 0 Å². The zero-order valence-electron chi connectivity index (χ0n) is 26.8. The molecule has 0 saturated heterocycles. The van der Waals surface area contributed by atoms with Crippen molar-refractivity contribution in [2.45, 2.75) is 0 Å². The maximum Gasteiger partial charge on any atom is 0.0470 e. The van der Waals surface area contributed by atoms with Crippen LogP contribution in [0.4, 0.5) is 11.4 Å². The predicted molar refractivity (Wildman–Crippen MR) is 212 cm³/mol. The van der Waals surface area contributed by atoms with Crippen LogP contribution < -0.4 is 5.32 Å². The van der Waals surface area contributed by atoms with Crippen molar-refractivity contribution in [3.05, 3.63) is 182 Å². The maximum absolute atomic E-state index is 4.00. The Balaban J connectivity index is 1.25. The van der Waals surface area contributed by atoms with Crippen LogP contribution in [-0.2, 0) is 0 Å². The number of hydrogen-bond acceptors (Lipinski definition) is 1. The molecule has 0 heterocycles. The lowest BCUT2D eigenvalue weighted by Crippen LogP contribution is -1.97. The van der Waals surface area contributed by atoms with Gasteiger partial charge in [-0.1, -0.05) is 164 Å². The Hall–Kier alpha value is -6.44. The summed E-state index contributed by atoms with van der Waals surface area (Å²) in [5.74, 6) is 0. The lowest BCUT2D eigenvalue weighted by atomic mass is 9.89. The minimum atomic E-state index is 1.09. The Kier molecular flexibility index (Phi) is 6.25. The summed E-state index contributed by atoms with van der Waals surface area (Å²) < 4.78 is 0. The van der Waals surface area contributed by atoms with Gasteiger partial charge in [-0.25, -0.2) is 0 Å². The van der Waals surface area contributed by atoms with Gasteiger partial charge < -0.3 is 5.32 Å². The second-order valence-electron chi connectivity index (χ2n) is 13.0. The van der Waals surface area contributed by atoms with Crippen LogP contribution in [-0.4, -0.2) is 0 Å². The molecule has 0 aliphatic heterocycles. The summed E-state index contributed by atoms with van der Waals surface area (Å²) in [6.07, 6.45) is 0. The standard InChI is InChI=1S/C48H31N/c1-2-14-36-30-37(23-20-31(36)10-1)47-45(28-25-35-22-21-33-12-4-7-17-39(33)46(35)47)49-44-29-27-42(41-19-9-15-32-11-3-6-16-38(32)41)48-40-18-8-5-13-34(40)24-26-43(44)48/h1-30,49H. The van der Waals surface area contributed by atoms with Crippen LogP contribution in [0, 0.1) is 0 Å².